The van der Waals surface area contributed by atoms with E-state index in [0.29, 0.717) is 0 Å². The minimum absolute atomic E-state index is 1.01. The molecular formula is C11H18BrNS2. The van der Waals surface area contributed by atoms with Gasteiger partial charge >= 0.3 is 0 Å². The molecule has 15 heavy (non-hydrogen) atoms. The minimum Gasteiger partial charge on any atom is -0.312 e. The standard InChI is InChI=1S/C11H18BrNS2/c1-9-11(12)7-10(15-9)8-13-5-3-4-6-14-2/h7,13H,3-6,8H2,1-2H3. The molecule has 0 saturated heterocycles. The molecule has 1 nitrogen and oxygen atoms in total. The summed E-state index contributed by atoms with van der Waals surface area (Å²) in [7, 11) is 0. The number of unbranched alkanes of at least 4 members (excludes halogenated alkanes) is 1. The van der Waals surface area contributed by atoms with Gasteiger partial charge < -0.3 is 5.32 Å². The predicted molar refractivity (Wildman–Crippen MR) is 76.1 cm³/mol. The number of halogens is 1. The summed E-state index contributed by atoms with van der Waals surface area (Å²) in [5, 5.41) is 3.48. The smallest absolute Gasteiger partial charge is 0.0314 e. The van der Waals surface area contributed by atoms with Gasteiger partial charge in [0.25, 0.3) is 0 Å². The number of hydrogen-bond donors (Lipinski definition) is 1. The van der Waals surface area contributed by atoms with E-state index in [1.165, 1.54) is 32.8 Å². The van der Waals surface area contributed by atoms with E-state index in [4.69, 9.17) is 0 Å². The first-order valence-corrected chi connectivity index (χ1v) is 8.19. The van der Waals surface area contributed by atoms with E-state index < -0.39 is 0 Å². The number of thioether (sulfide) groups is 1. The Morgan fingerprint density at radius 1 is 1.47 bits per heavy atom. The van der Waals surface area contributed by atoms with Gasteiger partial charge in [0.1, 0.15) is 0 Å². The van der Waals surface area contributed by atoms with E-state index in [1.54, 1.807) is 0 Å². The molecule has 1 aromatic heterocycles. The zero-order valence-electron chi connectivity index (χ0n) is 9.31. The van der Waals surface area contributed by atoms with Crippen LogP contribution in [0.4, 0.5) is 0 Å². The maximum absolute atomic E-state index is 3.54. The van der Waals surface area contributed by atoms with Crippen molar-refractivity contribution >= 4 is 39.0 Å². The summed E-state index contributed by atoms with van der Waals surface area (Å²) in [6.45, 7) is 4.29. The van der Waals surface area contributed by atoms with Crippen LogP contribution in [0, 0.1) is 6.92 Å². The van der Waals surface area contributed by atoms with Crippen LogP contribution in [0.25, 0.3) is 0 Å². The van der Waals surface area contributed by atoms with Gasteiger partial charge in [0.2, 0.25) is 0 Å². The molecule has 0 radical (unpaired) electrons. The Labute approximate surface area is 109 Å². The zero-order chi connectivity index (χ0) is 11.1. The van der Waals surface area contributed by atoms with E-state index >= 15 is 0 Å². The Morgan fingerprint density at radius 3 is 2.87 bits per heavy atom. The highest BCUT2D eigenvalue weighted by Crippen LogP contribution is 2.25. The molecule has 1 aromatic rings. The number of rotatable bonds is 7. The summed E-state index contributed by atoms with van der Waals surface area (Å²) in [5.74, 6) is 1.28. The Bertz CT molecular complexity index is 267. The predicted octanol–water partition coefficient (Wildman–Crippen LogP) is 4.05. The topological polar surface area (TPSA) is 12.0 Å². The molecule has 0 aliphatic rings. The van der Waals surface area contributed by atoms with Crippen LogP contribution in [0.2, 0.25) is 0 Å². The van der Waals surface area contributed by atoms with Crippen LogP contribution in [0.5, 0.6) is 0 Å². The molecule has 4 heteroatoms. The van der Waals surface area contributed by atoms with Crippen LogP contribution >= 0.6 is 39.0 Å². The van der Waals surface area contributed by atoms with E-state index in [9.17, 15) is 0 Å². The number of thiophene rings is 1. The maximum Gasteiger partial charge on any atom is 0.0314 e. The van der Waals surface area contributed by atoms with Gasteiger partial charge in [0.05, 0.1) is 0 Å². The van der Waals surface area contributed by atoms with Crippen molar-refractivity contribution in [3.05, 3.63) is 20.3 Å². The Balaban J connectivity index is 2.10. The van der Waals surface area contributed by atoms with Gasteiger partial charge in [-0.3, -0.25) is 0 Å². The molecule has 0 unspecified atom stereocenters. The van der Waals surface area contributed by atoms with Crippen molar-refractivity contribution in [1.82, 2.24) is 5.32 Å². The second-order valence-electron chi connectivity index (χ2n) is 3.49. The second kappa shape index (κ2) is 7.71. The Kier molecular flexibility index (Phi) is 6.97. The molecule has 0 fully saturated rings. The lowest BCUT2D eigenvalue weighted by Gasteiger charge is -2.01. The third kappa shape index (κ3) is 5.38. The molecule has 0 amide bonds. The molecular weight excluding hydrogens is 290 g/mol. The van der Waals surface area contributed by atoms with Crippen molar-refractivity contribution in [2.45, 2.75) is 26.3 Å². The van der Waals surface area contributed by atoms with E-state index in [1.807, 2.05) is 23.1 Å². The summed E-state index contributed by atoms with van der Waals surface area (Å²) in [6, 6.07) is 2.22. The molecule has 86 valence electrons. The van der Waals surface area contributed by atoms with Crippen LogP contribution in [0.1, 0.15) is 22.6 Å². The Morgan fingerprint density at radius 2 is 2.27 bits per heavy atom. The molecule has 0 spiro atoms. The van der Waals surface area contributed by atoms with Gasteiger partial charge in [0.15, 0.2) is 0 Å². The largest absolute Gasteiger partial charge is 0.312 e. The average molecular weight is 308 g/mol. The lowest BCUT2D eigenvalue weighted by atomic mass is 10.3. The van der Waals surface area contributed by atoms with Gasteiger partial charge in [-0.15, -0.1) is 11.3 Å². The minimum atomic E-state index is 1.01. The van der Waals surface area contributed by atoms with E-state index in [0.717, 1.165) is 13.1 Å². The van der Waals surface area contributed by atoms with Crippen molar-refractivity contribution in [3.8, 4) is 0 Å². The fourth-order valence-electron chi connectivity index (χ4n) is 1.31. The highest BCUT2D eigenvalue weighted by Gasteiger charge is 2.01. The maximum atomic E-state index is 3.54. The summed E-state index contributed by atoms with van der Waals surface area (Å²) in [6.07, 6.45) is 4.77. The lowest BCUT2D eigenvalue weighted by molar-refractivity contribution is 0.648. The van der Waals surface area contributed by atoms with Crippen molar-refractivity contribution < 1.29 is 0 Å². The number of nitrogens with one attached hydrogen (secondary N) is 1. The first kappa shape index (κ1) is 13.6. The molecule has 0 aliphatic heterocycles. The second-order valence-corrected chi connectivity index (χ2v) is 6.67. The first-order chi connectivity index (χ1) is 7.24. The van der Waals surface area contributed by atoms with Crippen LogP contribution in [0.3, 0.4) is 0 Å². The molecule has 0 saturated carbocycles. The van der Waals surface area contributed by atoms with Crippen LogP contribution < -0.4 is 5.32 Å². The third-order valence-electron chi connectivity index (χ3n) is 2.16. The molecule has 1 heterocycles. The molecule has 0 bridgehead atoms. The van der Waals surface area contributed by atoms with Crippen molar-refractivity contribution in [2.24, 2.45) is 0 Å². The van der Waals surface area contributed by atoms with Gasteiger partial charge in [-0.25, -0.2) is 0 Å². The lowest BCUT2D eigenvalue weighted by Crippen LogP contribution is -2.13. The quantitative estimate of drug-likeness (QED) is 0.763. The Hall–Kier alpha value is 0.490. The summed E-state index contributed by atoms with van der Waals surface area (Å²) >= 11 is 7.34. The molecule has 0 atom stereocenters. The summed E-state index contributed by atoms with van der Waals surface area (Å²) in [4.78, 5) is 2.79. The van der Waals surface area contributed by atoms with Gasteiger partial charge in [-0.05, 0) is 60.3 Å². The van der Waals surface area contributed by atoms with Crippen LogP contribution in [-0.4, -0.2) is 18.6 Å². The normalized spacial score (nSPS) is 10.9. The fourth-order valence-corrected chi connectivity index (χ4v) is 3.38. The monoisotopic (exact) mass is 307 g/mol. The van der Waals surface area contributed by atoms with Gasteiger partial charge in [0, 0.05) is 20.8 Å². The summed E-state index contributed by atoms with van der Waals surface area (Å²) < 4.78 is 1.24. The van der Waals surface area contributed by atoms with Crippen molar-refractivity contribution in [2.75, 3.05) is 18.6 Å². The fraction of sp³-hybridized carbons (Fsp3) is 0.636. The zero-order valence-corrected chi connectivity index (χ0v) is 12.5. The van der Waals surface area contributed by atoms with Gasteiger partial charge in [-0.1, -0.05) is 0 Å². The average Bonchev–Trinajstić information content (AvgIpc) is 2.52. The highest BCUT2D eigenvalue weighted by molar-refractivity contribution is 9.10. The number of aryl methyl sites for hydroxylation is 1. The van der Waals surface area contributed by atoms with E-state index in [2.05, 4.69) is 40.5 Å². The molecule has 0 aliphatic carbocycles. The van der Waals surface area contributed by atoms with Crippen molar-refractivity contribution in [3.63, 3.8) is 0 Å². The van der Waals surface area contributed by atoms with Crippen molar-refractivity contribution in [1.29, 1.82) is 0 Å². The number of hydrogen-bond acceptors (Lipinski definition) is 3. The van der Waals surface area contributed by atoms with E-state index in [-0.39, 0.29) is 0 Å². The highest BCUT2D eigenvalue weighted by atomic mass is 79.9. The first-order valence-electron chi connectivity index (χ1n) is 5.18. The molecule has 1 N–H and O–H groups in total. The third-order valence-corrected chi connectivity index (χ3v) is 4.99. The molecule has 1 rings (SSSR count). The van der Waals surface area contributed by atoms with Crippen LogP contribution in [-0.2, 0) is 6.54 Å². The summed E-state index contributed by atoms with van der Waals surface area (Å²) in [5.41, 5.74) is 0. The molecule has 0 aromatic carbocycles. The van der Waals surface area contributed by atoms with Crippen LogP contribution in [0.15, 0.2) is 10.5 Å². The SMILES string of the molecule is CSCCCCNCc1cc(Br)c(C)s1. The van der Waals surface area contributed by atoms with Gasteiger partial charge in [-0.2, -0.15) is 11.8 Å².